The molecule has 1 amide bonds. The van der Waals surface area contributed by atoms with Gasteiger partial charge >= 0.3 is 0 Å². The molecule has 0 saturated carbocycles. The number of pyridine rings is 1. The van der Waals surface area contributed by atoms with Crippen LogP contribution < -0.4 is 0 Å². The van der Waals surface area contributed by atoms with Crippen LogP contribution in [0, 0.1) is 0 Å². The number of amides is 1. The Labute approximate surface area is 146 Å². The first-order chi connectivity index (χ1) is 12.0. The summed E-state index contributed by atoms with van der Waals surface area (Å²) in [6.45, 7) is 2.13. The predicted octanol–water partition coefficient (Wildman–Crippen LogP) is 4.17. The number of carbonyl (C=O) groups is 1. The second-order valence-corrected chi connectivity index (χ2v) is 6.53. The molecule has 126 valence electrons. The molecule has 3 heterocycles. The van der Waals surface area contributed by atoms with Gasteiger partial charge in [-0.05, 0) is 47.9 Å². The Bertz CT molecular complexity index is 1070. The van der Waals surface area contributed by atoms with Crippen LogP contribution >= 0.6 is 0 Å². The van der Waals surface area contributed by atoms with E-state index >= 15 is 0 Å². The Morgan fingerprint density at radius 2 is 1.84 bits per heavy atom. The van der Waals surface area contributed by atoms with E-state index in [0.717, 1.165) is 34.1 Å². The van der Waals surface area contributed by atoms with Crippen molar-refractivity contribution in [1.82, 2.24) is 9.30 Å². The molecule has 1 aromatic carbocycles. The van der Waals surface area contributed by atoms with Crippen LogP contribution in [-0.4, -0.2) is 34.4 Å². The molecular formula is C21H20N2O2. The van der Waals surface area contributed by atoms with Gasteiger partial charge in [-0.1, -0.05) is 25.1 Å². The molecule has 1 N–H and O–H groups in total. The van der Waals surface area contributed by atoms with E-state index in [4.69, 9.17) is 0 Å². The SMILES string of the molecule is CCc1c(-c2ccc(O)cc2)c2c(C(=O)N(C)C)cc3cccc1n32. The van der Waals surface area contributed by atoms with Crippen LogP contribution in [0.25, 0.3) is 27.7 Å². The monoisotopic (exact) mass is 332 g/mol. The zero-order valence-electron chi connectivity index (χ0n) is 14.6. The minimum Gasteiger partial charge on any atom is -0.508 e. The second kappa shape index (κ2) is 5.52. The molecule has 0 atom stereocenters. The van der Waals surface area contributed by atoms with Crippen LogP contribution in [0.3, 0.4) is 0 Å². The molecule has 0 aliphatic carbocycles. The van der Waals surface area contributed by atoms with Gasteiger partial charge in [0.2, 0.25) is 0 Å². The minimum atomic E-state index is -0.00159. The lowest BCUT2D eigenvalue weighted by Gasteiger charge is -2.10. The Kier molecular flexibility index (Phi) is 3.42. The predicted molar refractivity (Wildman–Crippen MR) is 101 cm³/mol. The van der Waals surface area contributed by atoms with Crippen molar-refractivity contribution in [3.63, 3.8) is 0 Å². The summed E-state index contributed by atoms with van der Waals surface area (Å²) in [4.78, 5) is 14.4. The van der Waals surface area contributed by atoms with Crippen LogP contribution in [-0.2, 0) is 6.42 Å². The fourth-order valence-corrected chi connectivity index (χ4v) is 3.68. The van der Waals surface area contributed by atoms with E-state index in [1.807, 2.05) is 30.3 Å². The Morgan fingerprint density at radius 1 is 1.12 bits per heavy atom. The molecule has 0 bridgehead atoms. The molecule has 0 aliphatic rings. The number of aryl methyl sites for hydroxylation is 1. The number of aromatic hydroxyl groups is 1. The number of phenols is 1. The molecule has 4 aromatic rings. The second-order valence-electron chi connectivity index (χ2n) is 6.53. The van der Waals surface area contributed by atoms with Crippen LogP contribution in [0.15, 0.2) is 48.5 Å². The number of benzene rings is 1. The van der Waals surface area contributed by atoms with Gasteiger partial charge in [0.25, 0.3) is 5.91 Å². The quantitative estimate of drug-likeness (QED) is 0.612. The van der Waals surface area contributed by atoms with Gasteiger partial charge in [-0.25, -0.2) is 0 Å². The van der Waals surface area contributed by atoms with E-state index in [9.17, 15) is 9.90 Å². The number of phenolic OH excluding ortho intramolecular Hbond substituents is 1. The molecule has 0 fully saturated rings. The maximum Gasteiger partial charge on any atom is 0.255 e. The smallest absolute Gasteiger partial charge is 0.255 e. The van der Waals surface area contributed by atoms with Gasteiger partial charge in [0, 0.05) is 25.2 Å². The summed E-state index contributed by atoms with van der Waals surface area (Å²) in [5.41, 5.74) is 7.14. The number of nitrogens with zero attached hydrogens (tertiary/aromatic N) is 2. The van der Waals surface area contributed by atoms with Crippen molar-refractivity contribution in [1.29, 1.82) is 0 Å². The van der Waals surface area contributed by atoms with Gasteiger partial charge in [0.15, 0.2) is 0 Å². The van der Waals surface area contributed by atoms with Crippen LogP contribution in [0.5, 0.6) is 5.75 Å². The number of carbonyl (C=O) groups excluding carboxylic acids is 1. The van der Waals surface area contributed by atoms with E-state index in [-0.39, 0.29) is 11.7 Å². The van der Waals surface area contributed by atoms with Gasteiger partial charge in [0.1, 0.15) is 5.75 Å². The molecule has 4 nitrogen and oxygen atoms in total. The minimum absolute atomic E-state index is 0.00159. The standard InChI is InChI=1S/C21H20N2O2/c1-4-16-18-7-5-6-14-12-17(21(25)22(2)3)20(23(14)18)19(16)13-8-10-15(24)11-9-13/h5-12,24H,4H2,1-3H3. The van der Waals surface area contributed by atoms with Crippen LogP contribution in [0.4, 0.5) is 0 Å². The first-order valence-electron chi connectivity index (χ1n) is 8.42. The van der Waals surface area contributed by atoms with Crippen molar-refractivity contribution in [2.75, 3.05) is 14.1 Å². The topological polar surface area (TPSA) is 45.0 Å². The highest BCUT2D eigenvalue weighted by Gasteiger charge is 2.24. The molecule has 4 heteroatoms. The number of aromatic nitrogens is 1. The van der Waals surface area contributed by atoms with E-state index in [1.54, 1.807) is 31.1 Å². The van der Waals surface area contributed by atoms with Crippen molar-refractivity contribution in [2.24, 2.45) is 0 Å². The Balaban J connectivity index is 2.16. The maximum absolute atomic E-state index is 12.8. The van der Waals surface area contributed by atoms with Crippen molar-refractivity contribution in [3.8, 4) is 16.9 Å². The third-order valence-corrected chi connectivity index (χ3v) is 4.79. The molecule has 3 aromatic heterocycles. The summed E-state index contributed by atoms with van der Waals surface area (Å²) >= 11 is 0. The van der Waals surface area contributed by atoms with Gasteiger partial charge in [-0.3, -0.25) is 4.79 Å². The van der Waals surface area contributed by atoms with E-state index in [1.165, 1.54) is 5.56 Å². The average molecular weight is 332 g/mol. The molecule has 0 unspecified atom stereocenters. The Hall–Kier alpha value is -3.01. The highest BCUT2D eigenvalue weighted by atomic mass is 16.3. The average Bonchev–Trinajstić information content (AvgIpc) is 3.15. The van der Waals surface area contributed by atoms with Gasteiger partial charge < -0.3 is 14.4 Å². The normalized spacial score (nSPS) is 11.5. The molecule has 4 rings (SSSR count). The molecule has 0 radical (unpaired) electrons. The van der Waals surface area contributed by atoms with Crippen molar-refractivity contribution >= 4 is 22.5 Å². The van der Waals surface area contributed by atoms with Crippen molar-refractivity contribution in [3.05, 3.63) is 59.7 Å². The number of rotatable bonds is 3. The largest absolute Gasteiger partial charge is 0.508 e. The fourth-order valence-electron chi connectivity index (χ4n) is 3.68. The first-order valence-corrected chi connectivity index (χ1v) is 8.42. The lowest BCUT2D eigenvalue weighted by molar-refractivity contribution is 0.0829. The number of hydrogen-bond acceptors (Lipinski definition) is 2. The molecular weight excluding hydrogens is 312 g/mol. The summed E-state index contributed by atoms with van der Waals surface area (Å²) in [5, 5.41) is 9.64. The first kappa shape index (κ1) is 15.5. The van der Waals surface area contributed by atoms with Gasteiger partial charge in [-0.2, -0.15) is 0 Å². The lowest BCUT2D eigenvalue weighted by Crippen LogP contribution is -2.21. The van der Waals surface area contributed by atoms with Crippen LogP contribution in [0.1, 0.15) is 22.8 Å². The Morgan fingerprint density at radius 3 is 2.48 bits per heavy atom. The highest BCUT2D eigenvalue weighted by molar-refractivity contribution is 6.10. The summed E-state index contributed by atoms with van der Waals surface area (Å²) in [6, 6.07) is 15.3. The molecule has 25 heavy (non-hydrogen) atoms. The molecule has 0 saturated heterocycles. The number of hydrogen-bond donors (Lipinski definition) is 1. The lowest BCUT2D eigenvalue weighted by atomic mass is 9.98. The fraction of sp³-hybridized carbons (Fsp3) is 0.190. The summed E-state index contributed by atoms with van der Waals surface area (Å²) in [7, 11) is 3.55. The molecule has 0 aliphatic heterocycles. The summed E-state index contributed by atoms with van der Waals surface area (Å²) in [6.07, 6.45) is 0.868. The zero-order valence-corrected chi connectivity index (χ0v) is 14.6. The molecule has 0 spiro atoms. The maximum atomic E-state index is 12.8. The third-order valence-electron chi connectivity index (χ3n) is 4.79. The van der Waals surface area contributed by atoms with E-state index < -0.39 is 0 Å². The highest BCUT2D eigenvalue weighted by Crippen LogP contribution is 2.39. The van der Waals surface area contributed by atoms with Gasteiger partial charge in [0.05, 0.1) is 16.6 Å². The zero-order chi connectivity index (χ0) is 17.7. The van der Waals surface area contributed by atoms with Crippen molar-refractivity contribution in [2.45, 2.75) is 13.3 Å². The van der Waals surface area contributed by atoms with Gasteiger partial charge in [-0.15, -0.1) is 0 Å². The van der Waals surface area contributed by atoms with E-state index in [2.05, 4.69) is 17.4 Å². The van der Waals surface area contributed by atoms with Crippen molar-refractivity contribution < 1.29 is 9.90 Å². The summed E-state index contributed by atoms with van der Waals surface area (Å²) in [5.74, 6) is 0.237. The van der Waals surface area contributed by atoms with Crippen LogP contribution in [0.2, 0.25) is 0 Å². The third kappa shape index (κ3) is 2.18. The van der Waals surface area contributed by atoms with E-state index in [0.29, 0.717) is 5.56 Å². The summed E-state index contributed by atoms with van der Waals surface area (Å²) < 4.78 is 2.18.